The molecule has 2 amide bonds. The normalized spacial score (nSPS) is 17.4. The molecule has 2 aromatic carbocycles. The Morgan fingerprint density at radius 2 is 1.52 bits per heavy atom. The molecule has 2 heterocycles. The molecule has 0 bridgehead atoms. The van der Waals surface area contributed by atoms with E-state index >= 15 is 0 Å². The highest BCUT2D eigenvalue weighted by Crippen LogP contribution is 2.51. The summed E-state index contributed by atoms with van der Waals surface area (Å²) < 4.78 is 141. The predicted molar refractivity (Wildman–Crippen MR) is 118 cm³/mol. The number of carbonyl (C=O) groups excluding carboxylic acids is 2. The molecule has 1 N–H and O–H groups in total. The van der Waals surface area contributed by atoms with Crippen LogP contribution in [-0.4, -0.2) is 40.6 Å². The van der Waals surface area contributed by atoms with E-state index in [4.69, 9.17) is 4.74 Å². The van der Waals surface area contributed by atoms with Gasteiger partial charge in [0.1, 0.15) is 11.4 Å². The topological polar surface area (TPSA) is 58.6 Å². The standard InChI is InChI=1S/C25H18F10N2O3/c1-11-14(22(26,27)24(30,31)32)8-9-15-16(11)17(37-10-12-6-4-5-7-13(12)19(37)38)18(21(2,3)40-15)36-20(39)23(28,29)25(33,34)35/h4-9H,10H2,1-3H3,(H,36,39). The zero-order chi connectivity index (χ0) is 30.2. The number of carbonyl (C=O) groups is 2. The number of benzene rings is 2. The molecule has 0 aromatic heterocycles. The molecule has 2 aromatic rings. The van der Waals surface area contributed by atoms with Crippen molar-refractivity contribution in [1.29, 1.82) is 0 Å². The largest absolute Gasteiger partial charge is 0.481 e. The fourth-order valence-corrected chi connectivity index (χ4v) is 4.53. The fourth-order valence-electron chi connectivity index (χ4n) is 4.53. The van der Waals surface area contributed by atoms with Crippen LogP contribution in [0.4, 0.5) is 43.9 Å². The van der Waals surface area contributed by atoms with Crippen LogP contribution in [0.25, 0.3) is 5.70 Å². The quantitative estimate of drug-likeness (QED) is 0.420. The zero-order valence-corrected chi connectivity index (χ0v) is 20.6. The van der Waals surface area contributed by atoms with Crippen LogP contribution in [0.5, 0.6) is 5.75 Å². The van der Waals surface area contributed by atoms with Crippen molar-refractivity contribution in [3.05, 3.63) is 69.9 Å². The number of halogens is 10. The van der Waals surface area contributed by atoms with Crippen LogP contribution < -0.4 is 10.1 Å². The lowest BCUT2D eigenvalue weighted by atomic mass is 9.88. The van der Waals surface area contributed by atoms with Gasteiger partial charge in [0.05, 0.1) is 17.9 Å². The van der Waals surface area contributed by atoms with Crippen LogP contribution in [0.15, 0.2) is 42.1 Å². The van der Waals surface area contributed by atoms with Gasteiger partial charge in [0.2, 0.25) is 0 Å². The van der Waals surface area contributed by atoms with Crippen LogP contribution >= 0.6 is 0 Å². The SMILES string of the molecule is Cc1c(C(F)(F)C(F)(F)F)ccc2c1C(N1Cc3ccccc3C1=O)=C(NC(=O)C(F)(F)C(F)(F)F)C(C)(C)O2. The Labute approximate surface area is 219 Å². The molecule has 0 saturated carbocycles. The maximum atomic E-state index is 14.5. The minimum Gasteiger partial charge on any atom is -0.481 e. The fraction of sp³-hybridized carbons (Fsp3) is 0.360. The van der Waals surface area contributed by atoms with Gasteiger partial charge in [0.15, 0.2) is 0 Å². The average Bonchev–Trinajstić information content (AvgIpc) is 3.14. The van der Waals surface area contributed by atoms with Crippen molar-refractivity contribution in [1.82, 2.24) is 10.2 Å². The maximum absolute atomic E-state index is 14.5. The minimum atomic E-state index is -6.34. The number of hydrogen-bond acceptors (Lipinski definition) is 3. The summed E-state index contributed by atoms with van der Waals surface area (Å²) in [5.41, 5.74) is -6.21. The molecular weight excluding hydrogens is 566 g/mol. The van der Waals surface area contributed by atoms with E-state index in [0.29, 0.717) is 11.6 Å². The molecule has 0 spiro atoms. The summed E-state index contributed by atoms with van der Waals surface area (Å²) >= 11 is 0. The average molecular weight is 584 g/mol. The molecule has 0 atom stereocenters. The molecule has 0 unspecified atom stereocenters. The van der Waals surface area contributed by atoms with Crippen LogP contribution in [0.2, 0.25) is 0 Å². The lowest BCUT2D eigenvalue weighted by molar-refractivity contribution is -0.289. The Bertz CT molecular complexity index is 1440. The molecule has 40 heavy (non-hydrogen) atoms. The third-order valence-electron chi connectivity index (χ3n) is 6.53. The van der Waals surface area contributed by atoms with Crippen LogP contribution in [-0.2, 0) is 17.3 Å². The van der Waals surface area contributed by atoms with Crippen molar-refractivity contribution in [3.8, 4) is 5.75 Å². The summed E-state index contributed by atoms with van der Waals surface area (Å²) in [6.45, 7) is 2.65. The molecule has 15 heteroatoms. The van der Waals surface area contributed by atoms with Crippen molar-refractivity contribution < 1.29 is 58.2 Å². The highest BCUT2D eigenvalue weighted by Gasteiger charge is 2.64. The number of rotatable bonds is 4. The van der Waals surface area contributed by atoms with Crippen molar-refractivity contribution in [2.24, 2.45) is 0 Å². The van der Waals surface area contributed by atoms with E-state index < -0.39 is 69.7 Å². The summed E-state index contributed by atoms with van der Waals surface area (Å²) in [6.07, 6.45) is -12.4. The number of nitrogens with one attached hydrogen (secondary N) is 1. The van der Waals surface area contributed by atoms with E-state index in [0.717, 1.165) is 31.7 Å². The molecule has 0 radical (unpaired) electrons. The second-order valence-corrected chi connectivity index (χ2v) is 9.59. The second kappa shape index (κ2) is 8.86. The Balaban J connectivity index is 2.03. The van der Waals surface area contributed by atoms with Gasteiger partial charge in [-0.3, -0.25) is 9.59 Å². The van der Waals surface area contributed by atoms with Gasteiger partial charge < -0.3 is 15.0 Å². The molecule has 5 nitrogen and oxygen atoms in total. The summed E-state index contributed by atoms with van der Waals surface area (Å²) in [6, 6.07) is 6.95. The molecule has 0 saturated heterocycles. The van der Waals surface area contributed by atoms with E-state index in [-0.39, 0.29) is 17.9 Å². The molecule has 2 aliphatic heterocycles. The number of amides is 2. The summed E-state index contributed by atoms with van der Waals surface area (Å²) in [5.74, 6) is -15.5. The van der Waals surface area contributed by atoms with Crippen LogP contribution in [0, 0.1) is 6.92 Å². The Kier molecular flexibility index (Phi) is 6.47. The van der Waals surface area contributed by atoms with E-state index in [2.05, 4.69) is 0 Å². The van der Waals surface area contributed by atoms with E-state index in [1.807, 2.05) is 0 Å². The van der Waals surface area contributed by atoms with Gasteiger partial charge in [-0.25, -0.2) is 0 Å². The number of ether oxygens (including phenoxy) is 1. The van der Waals surface area contributed by atoms with Gasteiger partial charge in [0, 0.05) is 16.7 Å². The Hall–Kier alpha value is -3.78. The molecule has 2 aliphatic rings. The molecule has 4 rings (SSSR count). The summed E-state index contributed by atoms with van der Waals surface area (Å²) in [7, 11) is 0. The van der Waals surface area contributed by atoms with Gasteiger partial charge in [-0.1, -0.05) is 18.2 Å². The Morgan fingerprint density at radius 1 is 0.925 bits per heavy atom. The zero-order valence-electron chi connectivity index (χ0n) is 20.6. The number of nitrogens with zero attached hydrogens (tertiary/aromatic N) is 1. The summed E-state index contributed by atoms with van der Waals surface area (Å²) in [4.78, 5) is 26.4. The van der Waals surface area contributed by atoms with Gasteiger partial charge in [-0.15, -0.1) is 0 Å². The van der Waals surface area contributed by atoms with Gasteiger partial charge in [-0.05, 0) is 50.1 Å². The monoisotopic (exact) mass is 584 g/mol. The third kappa shape index (κ3) is 4.35. The number of hydrogen-bond donors (Lipinski definition) is 1. The van der Waals surface area contributed by atoms with E-state index in [1.54, 1.807) is 0 Å². The third-order valence-corrected chi connectivity index (χ3v) is 6.53. The smallest absolute Gasteiger partial charge is 0.463 e. The first-order valence-electron chi connectivity index (χ1n) is 11.3. The van der Waals surface area contributed by atoms with Crippen molar-refractivity contribution in [2.75, 3.05) is 0 Å². The van der Waals surface area contributed by atoms with Gasteiger partial charge in [-0.2, -0.15) is 43.9 Å². The maximum Gasteiger partial charge on any atom is 0.463 e. The van der Waals surface area contributed by atoms with Crippen molar-refractivity contribution in [3.63, 3.8) is 0 Å². The van der Waals surface area contributed by atoms with Crippen LogP contribution in [0.3, 0.4) is 0 Å². The summed E-state index contributed by atoms with van der Waals surface area (Å²) in [5, 5.41) is 1.43. The first kappa shape index (κ1) is 29.2. The number of alkyl halides is 10. The van der Waals surface area contributed by atoms with Crippen LogP contribution in [0.1, 0.15) is 46.5 Å². The lowest BCUT2D eigenvalue weighted by Gasteiger charge is -2.40. The predicted octanol–water partition coefficient (Wildman–Crippen LogP) is 6.46. The molecule has 0 aliphatic carbocycles. The molecular formula is C25H18F10N2O3. The van der Waals surface area contributed by atoms with E-state index in [9.17, 15) is 53.5 Å². The molecule has 0 fully saturated rings. The second-order valence-electron chi connectivity index (χ2n) is 9.59. The first-order chi connectivity index (χ1) is 18.1. The molecule has 216 valence electrons. The lowest BCUT2D eigenvalue weighted by Crippen LogP contribution is -2.54. The van der Waals surface area contributed by atoms with Gasteiger partial charge in [0.25, 0.3) is 5.91 Å². The van der Waals surface area contributed by atoms with Crippen molar-refractivity contribution >= 4 is 17.5 Å². The Morgan fingerprint density at radius 3 is 2.08 bits per heavy atom. The van der Waals surface area contributed by atoms with E-state index in [1.165, 1.54) is 29.6 Å². The van der Waals surface area contributed by atoms with Gasteiger partial charge >= 0.3 is 30.1 Å². The minimum absolute atomic E-state index is 0.0431. The number of fused-ring (bicyclic) bond motifs is 2. The van der Waals surface area contributed by atoms with Crippen molar-refractivity contribution in [2.45, 2.75) is 57.1 Å². The first-order valence-corrected chi connectivity index (χ1v) is 11.3. The highest BCUT2D eigenvalue weighted by molar-refractivity contribution is 6.05. The highest BCUT2D eigenvalue weighted by atomic mass is 19.4.